The highest BCUT2D eigenvalue weighted by Gasteiger charge is 2.25. The predicted octanol–water partition coefficient (Wildman–Crippen LogP) is 2.38. The quantitative estimate of drug-likeness (QED) is 0.798. The van der Waals surface area contributed by atoms with Gasteiger partial charge in [-0.15, -0.1) is 0 Å². The lowest BCUT2D eigenvalue weighted by Crippen LogP contribution is -2.22. The number of aryl methyl sites for hydroxylation is 1. The predicted molar refractivity (Wildman–Crippen MR) is 58.4 cm³/mol. The topological polar surface area (TPSA) is 44.0 Å². The van der Waals surface area contributed by atoms with Gasteiger partial charge in [-0.1, -0.05) is 24.3 Å². The van der Waals surface area contributed by atoms with E-state index in [0.717, 1.165) is 19.3 Å². The van der Waals surface area contributed by atoms with E-state index in [9.17, 15) is 5.11 Å². The van der Waals surface area contributed by atoms with E-state index in [4.69, 9.17) is 5.26 Å². The first kappa shape index (κ1) is 10.2. The molecule has 1 aromatic carbocycles. The van der Waals surface area contributed by atoms with Gasteiger partial charge < -0.3 is 5.11 Å². The summed E-state index contributed by atoms with van der Waals surface area (Å²) in [5.41, 5.74) is 2.58. The fraction of sp³-hybridized carbons (Fsp3) is 0.462. The van der Waals surface area contributed by atoms with Crippen LogP contribution in [0.2, 0.25) is 0 Å². The number of nitrogens with zero attached hydrogens (tertiary/aromatic N) is 1. The highest BCUT2D eigenvalue weighted by atomic mass is 16.3. The molecular weight excluding hydrogens is 186 g/mol. The molecule has 0 amide bonds. The Labute approximate surface area is 90.2 Å². The summed E-state index contributed by atoms with van der Waals surface area (Å²) in [5, 5.41) is 18.5. The third-order valence-corrected chi connectivity index (χ3v) is 3.18. The lowest BCUT2D eigenvalue weighted by Gasteiger charge is -2.28. The van der Waals surface area contributed by atoms with E-state index in [0.29, 0.717) is 0 Å². The molecule has 0 heterocycles. The summed E-state index contributed by atoms with van der Waals surface area (Å²) in [7, 11) is 0. The lowest BCUT2D eigenvalue weighted by atomic mass is 9.79. The van der Waals surface area contributed by atoms with Crippen molar-refractivity contribution in [1.82, 2.24) is 0 Å². The zero-order chi connectivity index (χ0) is 10.7. The minimum absolute atomic E-state index is 0.162. The largest absolute Gasteiger partial charge is 0.391 e. The van der Waals surface area contributed by atoms with Crippen molar-refractivity contribution in [1.29, 1.82) is 5.26 Å². The summed E-state index contributed by atoms with van der Waals surface area (Å²) in [6, 6.07) is 10.3. The molecule has 2 nitrogen and oxygen atoms in total. The molecule has 1 aromatic rings. The normalized spacial score (nSPS) is 21.5. The Balaban J connectivity index is 2.26. The maximum Gasteiger partial charge on any atom is 0.0738 e. The van der Waals surface area contributed by atoms with Crippen molar-refractivity contribution in [2.75, 3.05) is 0 Å². The number of benzene rings is 1. The van der Waals surface area contributed by atoms with Crippen LogP contribution in [0.15, 0.2) is 24.3 Å². The summed E-state index contributed by atoms with van der Waals surface area (Å²) < 4.78 is 0. The van der Waals surface area contributed by atoms with Crippen molar-refractivity contribution < 1.29 is 5.11 Å². The third kappa shape index (κ3) is 2.03. The minimum atomic E-state index is -0.503. The Morgan fingerprint density at radius 1 is 1.47 bits per heavy atom. The molecule has 2 unspecified atom stereocenters. The molecule has 1 aliphatic rings. The number of nitriles is 1. The molecule has 78 valence electrons. The first-order valence-electron chi connectivity index (χ1n) is 5.45. The average Bonchev–Trinajstić information content (AvgIpc) is 2.28. The van der Waals surface area contributed by atoms with Crippen LogP contribution in [-0.4, -0.2) is 11.2 Å². The zero-order valence-corrected chi connectivity index (χ0v) is 8.69. The molecule has 0 spiro atoms. The van der Waals surface area contributed by atoms with Crippen LogP contribution in [0.1, 0.15) is 36.3 Å². The molecule has 0 aromatic heterocycles. The molecule has 0 radical (unpaired) electrons. The Kier molecular flexibility index (Phi) is 3.03. The molecule has 0 saturated carbocycles. The monoisotopic (exact) mass is 201 g/mol. The number of aliphatic hydroxyl groups excluding tert-OH is 1. The van der Waals surface area contributed by atoms with Crippen molar-refractivity contribution in [3.8, 4) is 6.07 Å². The summed E-state index contributed by atoms with van der Waals surface area (Å²) in [6.07, 6.45) is 2.95. The van der Waals surface area contributed by atoms with Crippen molar-refractivity contribution >= 4 is 0 Å². The highest BCUT2D eigenvalue weighted by Crippen LogP contribution is 2.34. The van der Waals surface area contributed by atoms with Gasteiger partial charge in [-0.2, -0.15) is 5.26 Å². The highest BCUT2D eigenvalue weighted by molar-refractivity contribution is 5.33. The molecule has 0 fully saturated rings. The molecule has 1 aliphatic carbocycles. The molecule has 0 saturated heterocycles. The van der Waals surface area contributed by atoms with Crippen molar-refractivity contribution in [2.24, 2.45) is 0 Å². The first-order valence-corrected chi connectivity index (χ1v) is 5.45. The number of fused-ring (bicyclic) bond motifs is 1. The zero-order valence-electron chi connectivity index (χ0n) is 8.69. The van der Waals surface area contributed by atoms with Gasteiger partial charge in [0.1, 0.15) is 0 Å². The second-order valence-corrected chi connectivity index (χ2v) is 4.13. The first-order chi connectivity index (χ1) is 7.33. The van der Waals surface area contributed by atoms with E-state index in [1.165, 1.54) is 11.1 Å². The van der Waals surface area contributed by atoms with E-state index in [-0.39, 0.29) is 12.3 Å². The summed E-state index contributed by atoms with van der Waals surface area (Å²) in [4.78, 5) is 0. The Morgan fingerprint density at radius 2 is 2.27 bits per heavy atom. The van der Waals surface area contributed by atoms with Crippen LogP contribution >= 0.6 is 0 Å². The second kappa shape index (κ2) is 4.46. The standard InChI is InChI=1S/C13H15NO/c14-9-8-13(15)12-7-3-5-10-4-1-2-6-11(10)12/h1-2,4,6,12-13,15H,3,5,7-8H2. The van der Waals surface area contributed by atoms with Gasteiger partial charge >= 0.3 is 0 Å². The van der Waals surface area contributed by atoms with Crippen LogP contribution < -0.4 is 0 Å². The van der Waals surface area contributed by atoms with Gasteiger partial charge in [0.05, 0.1) is 18.6 Å². The van der Waals surface area contributed by atoms with Crippen molar-refractivity contribution in [3.05, 3.63) is 35.4 Å². The van der Waals surface area contributed by atoms with Crippen LogP contribution in [0.5, 0.6) is 0 Å². The van der Waals surface area contributed by atoms with Gasteiger partial charge in [-0.05, 0) is 30.4 Å². The van der Waals surface area contributed by atoms with Crippen molar-refractivity contribution in [3.63, 3.8) is 0 Å². The van der Waals surface area contributed by atoms with Crippen molar-refractivity contribution in [2.45, 2.75) is 37.7 Å². The van der Waals surface area contributed by atoms with Crippen LogP contribution in [0.3, 0.4) is 0 Å². The SMILES string of the molecule is N#CCC(O)C1CCCc2ccccc21. The van der Waals surface area contributed by atoms with Gasteiger partial charge in [0.25, 0.3) is 0 Å². The van der Waals surface area contributed by atoms with Gasteiger partial charge in [-0.3, -0.25) is 0 Å². The number of aliphatic hydroxyl groups is 1. The van der Waals surface area contributed by atoms with Gasteiger partial charge in [0, 0.05) is 5.92 Å². The smallest absolute Gasteiger partial charge is 0.0738 e. The molecule has 2 heteroatoms. The van der Waals surface area contributed by atoms with Gasteiger partial charge in [0.2, 0.25) is 0 Å². The Hall–Kier alpha value is -1.33. The fourth-order valence-corrected chi connectivity index (χ4v) is 2.43. The Morgan fingerprint density at radius 3 is 3.07 bits per heavy atom. The van der Waals surface area contributed by atoms with Crippen LogP contribution in [0, 0.1) is 11.3 Å². The minimum Gasteiger partial charge on any atom is -0.391 e. The molecular formula is C13H15NO. The maximum atomic E-state index is 9.90. The van der Waals surface area contributed by atoms with Crippen LogP contribution in [0.25, 0.3) is 0 Å². The summed E-state index contributed by atoms with van der Waals surface area (Å²) >= 11 is 0. The van der Waals surface area contributed by atoms with E-state index < -0.39 is 6.10 Å². The van der Waals surface area contributed by atoms with Crippen LogP contribution in [-0.2, 0) is 6.42 Å². The van der Waals surface area contributed by atoms with E-state index in [1.807, 2.05) is 18.2 Å². The van der Waals surface area contributed by atoms with E-state index in [1.54, 1.807) is 0 Å². The van der Waals surface area contributed by atoms with Crippen LogP contribution in [0.4, 0.5) is 0 Å². The Bertz CT molecular complexity index is 380. The van der Waals surface area contributed by atoms with E-state index >= 15 is 0 Å². The van der Waals surface area contributed by atoms with E-state index in [2.05, 4.69) is 12.1 Å². The molecule has 1 N–H and O–H groups in total. The summed E-state index contributed by atoms with van der Waals surface area (Å²) in [5.74, 6) is 0.162. The molecule has 2 atom stereocenters. The molecule has 0 aliphatic heterocycles. The second-order valence-electron chi connectivity index (χ2n) is 4.13. The number of hydrogen-bond acceptors (Lipinski definition) is 2. The lowest BCUT2D eigenvalue weighted by molar-refractivity contribution is 0.139. The molecule has 2 rings (SSSR count). The van der Waals surface area contributed by atoms with Gasteiger partial charge in [-0.25, -0.2) is 0 Å². The number of hydrogen-bond donors (Lipinski definition) is 1. The average molecular weight is 201 g/mol. The molecule has 15 heavy (non-hydrogen) atoms. The maximum absolute atomic E-state index is 9.90. The third-order valence-electron chi connectivity index (χ3n) is 3.18. The number of rotatable bonds is 2. The fourth-order valence-electron chi connectivity index (χ4n) is 2.43. The molecule has 0 bridgehead atoms. The van der Waals surface area contributed by atoms with Gasteiger partial charge in [0.15, 0.2) is 0 Å². The summed E-state index contributed by atoms with van der Waals surface area (Å²) in [6.45, 7) is 0.